The molecule has 0 heterocycles. The van der Waals surface area contributed by atoms with Gasteiger partial charge in [-0.15, -0.1) is 11.8 Å². The number of aliphatic hydroxyl groups is 1. The maximum atomic E-state index is 9.07. The molecule has 0 bridgehead atoms. The first kappa shape index (κ1) is 9.52. The quantitative estimate of drug-likeness (QED) is 0.593. The highest BCUT2D eigenvalue weighted by molar-refractivity contribution is 4.94. The van der Waals surface area contributed by atoms with Crippen molar-refractivity contribution in [2.24, 2.45) is 5.92 Å². The Morgan fingerprint density at radius 3 is 2.40 bits per heavy atom. The van der Waals surface area contributed by atoms with Crippen molar-refractivity contribution in [3.63, 3.8) is 0 Å². The first-order valence-electron chi connectivity index (χ1n) is 3.76. The van der Waals surface area contributed by atoms with Crippen LogP contribution in [0.15, 0.2) is 0 Å². The molecule has 0 amide bonds. The molecular weight excluding hydrogens is 124 g/mol. The SMILES string of the molecule is CC#CCC[C@H](C)[C@@H](C)O. The minimum absolute atomic E-state index is 0.196. The third-order valence-corrected chi connectivity index (χ3v) is 1.72. The monoisotopic (exact) mass is 140 g/mol. The van der Waals surface area contributed by atoms with E-state index >= 15 is 0 Å². The van der Waals surface area contributed by atoms with Crippen LogP contribution in [-0.4, -0.2) is 11.2 Å². The molecule has 0 saturated carbocycles. The second kappa shape index (κ2) is 5.32. The van der Waals surface area contributed by atoms with Gasteiger partial charge in [-0.25, -0.2) is 0 Å². The topological polar surface area (TPSA) is 20.2 Å². The zero-order chi connectivity index (χ0) is 7.98. The fourth-order valence-electron chi connectivity index (χ4n) is 0.666. The van der Waals surface area contributed by atoms with Crippen molar-refractivity contribution >= 4 is 0 Å². The molecule has 0 aliphatic carbocycles. The van der Waals surface area contributed by atoms with Crippen molar-refractivity contribution in [2.75, 3.05) is 0 Å². The second-order valence-electron chi connectivity index (χ2n) is 2.68. The molecule has 0 radical (unpaired) electrons. The maximum Gasteiger partial charge on any atom is 0.0537 e. The third-order valence-electron chi connectivity index (χ3n) is 1.72. The van der Waals surface area contributed by atoms with Crippen LogP contribution in [0.25, 0.3) is 0 Å². The summed E-state index contributed by atoms with van der Waals surface area (Å²) in [6.45, 7) is 5.71. The van der Waals surface area contributed by atoms with Crippen LogP contribution in [0.3, 0.4) is 0 Å². The van der Waals surface area contributed by atoms with Gasteiger partial charge in [-0.2, -0.15) is 0 Å². The highest BCUT2D eigenvalue weighted by Crippen LogP contribution is 2.08. The summed E-state index contributed by atoms with van der Waals surface area (Å²) in [5, 5.41) is 9.07. The summed E-state index contributed by atoms with van der Waals surface area (Å²) in [5.74, 6) is 6.18. The normalized spacial score (nSPS) is 15.2. The van der Waals surface area contributed by atoms with Crippen molar-refractivity contribution in [3.05, 3.63) is 0 Å². The molecule has 0 spiro atoms. The molecule has 1 N–H and O–H groups in total. The molecule has 2 atom stereocenters. The lowest BCUT2D eigenvalue weighted by molar-refractivity contribution is 0.131. The van der Waals surface area contributed by atoms with Crippen molar-refractivity contribution in [1.82, 2.24) is 0 Å². The first-order chi connectivity index (χ1) is 4.68. The van der Waals surface area contributed by atoms with Gasteiger partial charge in [-0.05, 0) is 26.2 Å². The Bertz CT molecular complexity index is 127. The lowest BCUT2D eigenvalue weighted by atomic mass is 10.0. The highest BCUT2D eigenvalue weighted by Gasteiger charge is 2.06. The molecule has 0 aliphatic rings. The molecular formula is C9H16O. The number of aliphatic hydroxyl groups excluding tert-OH is 1. The van der Waals surface area contributed by atoms with E-state index in [0.29, 0.717) is 5.92 Å². The fourth-order valence-corrected chi connectivity index (χ4v) is 0.666. The van der Waals surface area contributed by atoms with E-state index in [0.717, 1.165) is 12.8 Å². The van der Waals surface area contributed by atoms with E-state index in [1.54, 1.807) is 0 Å². The lowest BCUT2D eigenvalue weighted by Gasteiger charge is -2.11. The van der Waals surface area contributed by atoms with Crippen LogP contribution in [0.4, 0.5) is 0 Å². The smallest absolute Gasteiger partial charge is 0.0537 e. The van der Waals surface area contributed by atoms with Gasteiger partial charge in [0.05, 0.1) is 6.10 Å². The largest absolute Gasteiger partial charge is 0.393 e. The van der Waals surface area contributed by atoms with Crippen LogP contribution in [0, 0.1) is 17.8 Å². The van der Waals surface area contributed by atoms with Gasteiger partial charge in [-0.1, -0.05) is 6.92 Å². The van der Waals surface area contributed by atoms with Crippen molar-refractivity contribution in [3.8, 4) is 11.8 Å². The Morgan fingerprint density at radius 2 is 2.00 bits per heavy atom. The molecule has 0 aromatic heterocycles. The number of rotatable bonds is 3. The predicted molar refractivity (Wildman–Crippen MR) is 43.5 cm³/mol. The first-order valence-corrected chi connectivity index (χ1v) is 3.76. The minimum atomic E-state index is -0.196. The maximum absolute atomic E-state index is 9.07. The molecule has 0 fully saturated rings. The summed E-state index contributed by atoms with van der Waals surface area (Å²) in [6.07, 6.45) is 1.71. The Balaban J connectivity index is 3.36. The summed E-state index contributed by atoms with van der Waals surface area (Å²) < 4.78 is 0. The summed E-state index contributed by atoms with van der Waals surface area (Å²) >= 11 is 0. The summed E-state index contributed by atoms with van der Waals surface area (Å²) in [4.78, 5) is 0. The summed E-state index contributed by atoms with van der Waals surface area (Å²) in [7, 11) is 0. The van der Waals surface area contributed by atoms with Gasteiger partial charge in [-0.3, -0.25) is 0 Å². The summed E-state index contributed by atoms with van der Waals surface area (Å²) in [5.41, 5.74) is 0. The van der Waals surface area contributed by atoms with E-state index in [9.17, 15) is 0 Å². The van der Waals surface area contributed by atoms with Gasteiger partial charge >= 0.3 is 0 Å². The van der Waals surface area contributed by atoms with Crippen LogP contribution in [0.2, 0.25) is 0 Å². The van der Waals surface area contributed by atoms with Crippen molar-refractivity contribution in [1.29, 1.82) is 0 Å². The van der Waals surface area contributed by atoms with Gasteiger partial charge < -0.3 is 5.11 Å². The Labute approximate surface area is 63.5 Å². The number of hydrogen-bond donors (Lipinski definition) is 1. The van der Waals surface area contributed by atoms with E-state index < -0.39 is 0 Å². The average Bonchev–Trinajstić information content (AvgIpc) is 1.88. The lowest BCUT2D eigenvalue weighted by Crippen LogP contribution is -2.12. The summed E-state index contributed by atoms with van der Waals surface area (Å²) in [6, 6.07) is 0. The molecule has 1 heteroatoms. The molecule has 0 unspecified atom stereocenters. The molecule has 0 aromatic rings. The van der Waals surface area contributed by atoms with Gasteiger partial charge in [0, 0.05) is 6.42 Å². The average molecular weight is 140 g/mol. The fraction of sp³-hybridized carbons (Fsp3) is 0.778. The molecule has 0 saturated heterocycles. The van der Waals surface area contributed by atoms with Gasteiger partial charge in [0.25, 0.3) is 0 Å². The van der Waals surface area contributed by atoms with E-state index in [1.165, 1.54) is 0 Å². The second-order valence-corrected chi connectivity index (χ2v) is 2.68. The highest BCUT2D eigenvalue weighted by atomic mass is 16.3. The van der Waals surface area contributed by atoms with Crippen molar-refractivity contribution in [2.45, 2.75) is 39.7 Å². The molecule has 58 valence electrons. The van der Waals surface area contributed by atoms with Crippen LogP contribution >= 0.6 is 0 Å². The van der Waals surface area contributed by atoms with E-state index in [1.807, 2.05) is 20.8 Å². The molecule has 1 nitrogen and oxygen atoms in total. The molecule has 0 aromatic carbocycles. The molecule has 0 aliphatic heterocycles. The van der Waals surface area contributed by atoms with Crippen molar-refractivity contribution < 1.29 is 5.11 Å². The van der Waals surface area contributed by atoms with Gasteiger partial charge in [0.2, 0.25) is 0 Å². The third kappa shape index (κ3) is 4.40. The zero-order valence-electron chi connectivity index (χ0n) is 7.02. The van der Waals surface area contributed by atoms with E-state index in [4.69, 9.17) is 5.11 Å². The molecule has 0 rings (SSSR count). The van der Waals surface area contributed by atoms with Crippen LogP contribution < -0.4 is 0 Å². The Hall–Kier alpha value is -0.480. The van der Waals surface area contributed by atoms with E-state index in [-0.39, 0.29) is 6.10 Å². The number of hydrogen-bond acceptors (Lipinski definition) is 1. The Morgan fingerprint density at radius 1 is 1.40 bits per heavy atom. The van der Waals surface area contributed by atoms with E-state index in [2.05, 4.69) is 11.8 Å². The van der Waals surface area contributed by atoms with Gasteiger partial charge in [0.1, 0.15) is 0 Å². The Kier molecular flexibility index (Phi) is 5.06. The zero-order valence-corrected chi connectivity index (χ0v) is 7.02. The molecule has 10 heavy (non-hydrogen) atoms. The van der Waals surface area contributed by atoms with Crippen LogP contribution in [-0.2, 0) is 0 Å². The minimum Gasteiger partial charge on any atom is -0.393 e. The predicted octanol–water partition coefficient (Wildman–Crippen LogP) is 1.81. The van der Waals surface area contributed by atoms with Crippen LogP contribution in [0.5, 0.6) is 0 Å². The van der Waals surface area contributed by atoms with Gasteiger partial charge in [0.15, 0.2) is 0 Å². The van der Waals surface area contributed by atoms with Crippen LogP contribution in [0.1, 0.15) is 33.6 Å². The standard InChI is InChI=1S/C9H16O/c1-4-5-6-7-8(2)9(3)10/h8-10H,6-7H2,1-3H3/t8-,9+/m0/s1.